The monoisotopic (exact) mass is 373 g/mol. The summed E-state index contributed by atoms with van der Waals surface area (Å²) in [7, 11) is 3.12. The minimum atomic E-state index is -0.0594. The summed E-state index contributed by atoms with van der Waals surface area (Å²) in [5.41, 5.74) is 0.481. The Hall–Kier alpha value is -2.68. The van der Waals surface area contributed by atoms with Crippen LogP contribution in [-0.2, 0) is 0 Å². The molecule has 26 heavy (non-hydrogen) atoms. The van der Waals surface area contributed by atoms with E-state index >= 15 is 0 Å². The molecule has 1 aromatic carbocycles. The summed E-state index contributed by atoms with van der Waals surface area (Å²) in [5.74, 6) is 1.34. The molecule has 0 unspecified atom stereocenters. The predicted molar refractivity (Wildman–Crippen MR) is 96.1 cm³/mol. The van der Waals surface area contributed by atoms with Crippen molar-refractivity contribution in [2.24, 2.45) is 0 Å². The highest BCUT2D eigenvalue weighted by molar-refractivity contribution is 7.16. The fraction of sp³-hybridized carbons (Fsp3) is 0.412. The Morgan fingerprint density at radius 2 is 1.88 bits per heavy atom. The molecule has 3 aromatic rings. The maximum absolute atomic E-state index is 13.0. The van der Waals surface area contributed by atoms with Crippen molar-refractivity contribution in [3.8, 4) is 11.5 Å². The van der Waals surface area contributed by atoms with Crippen LogP contribution in [0.5, 0.6) is 11.5 Å². The van der Waals surface area contributed by atoms with E-state index in [-0.39, 0.29) is 5.91 Å². The van der Waals surface area contributed by atoms with E-state index in [0.29, 0.717) is 36.1 Å². The Morgan fingerprint density at radius 1 is 1.19 bits per heavy atom. The van der Waals surface area contributed by atoms with Crippen molar-refractivity contribution in [3.05, 3.63) is 35.1 Å². The number of benzene rings is 1. The lowest BCUT2D eigenvalue weighted by Crippen LogP contribution is -2.38. The van der Waals surface area contributed by atoms with Crippen LogP contribution in [0.2, 0.25) is 0 Å². The third-order valence-electron chi connectivity index (χ3n) is 4.68. The van der Waals surface area contributed by atoms with Crippen LogP contribution in [0.25, 0.3) is 4.96 Å². The molecular formula is C17H19N5O3S. The average Bonchev–Trinajstić information content (AvgIpc) is 3.29. The first kappa shape index (κ1) is 16.8. The van der Waals surface area contributed by atoms with Gasteiger partial charge in [-0.3, -0.25) is 4.79 Å². The smallest absolute Gasteiger partial charge is 0.261 e. The lowest BCUT2D eigenvalue weighted by molar-refractivity contribution is 0.0706. The third kappa shape index (κ3) is 2.88. The summed E-state index contributed by atoms with van der Waals surface area (Å²) in [6.45, 7) is 1.34. The highest BCUT2D eigenvalue weighted by Crippen LogP contribution is 2.34. The molecule has 4 rings (SSSR count). The molecule has 3 heterocycles. The van der Waals surface area contributed by atoms with Gasteiger partial charge in [0.05, 0.1) is 14.2 Å². The van der Waals surface area contributed by atoms with Crippen molar-refractivity contribution >= 4 is 22.2 Å². The maximum atomic E-state index is 13.0. The quantitative estimate of drug-likeness (QED) is 0.697. The van der Waals surface area contributed by atoms with Crippen molar-refractivity contribution in [2.75, 3.05) is 27.3 Å². The van der Waals surface area contributed by atoms with Gasteiger partial charge in [-0.15, -0.1) is 10.2 Å². The number of amides is 1. The summed E-state index contributed by atoms with van der Waals surface area (Å²) < 4.78 is 12.4. The van der Waals surface area contributed by atoms with Crippen LogP contribution in [0.4, 0.5) is 0 Å². The minimum absolute atomic E-state index is 0.0594. The van der Waals surface area contributed by atoms with Gasteiger partial charge in [0.15, 0.2) is 0 Å². The van der Waals surface area contributed by atoms with Gasteiger partial charge >= 0.3 is 0 Å². The summed E-state index contributed by atoms with van der Waals surface area (Å²) in [4.78, 5) is 15.7. The number of aromatic nitrogens is 4. The number of likely N-dealkylation sites (tertiary alicyclic amines) is 1. The van der Waals surface area contributed by atoms with E-state index in [2.05, 4.69) is 15.3 Å². The molecule has 0 spiro atoms. The fourth-order valence-corrected chi connectivity index (χ4v) is 4.28. The molecule has 1 saturated heterocycles. The summed E-state index contributed by atoms with van der Waals surface area (Å²) in [5, 5.41) is 13.5. The molecule has 0 bridgehead atoms. The first-order valence-electron chi connectivity index (χ1n) is 8.38. The molecule has 1 amide bonds. The first-order valence-corrected chi connectivity index (χ1v) is 9.20. The van der Waals surface area contributed by atoms with E-state index in [4.69, 9.17) is 9.47 Å². The predicted octanol–water partition coefficient (Wildman–Crippen LogP) is 2.22. The number of rotatable bonds is 4. The van der Waals surface area contributed by atoms with E-state index in [1.807, 2.05) is 11.0 Å². The summed E-state index contributed by atoms with van der Waals surface area (Å²) in [6, 6.07) is 5.37. The zero-order chi connectivity index (χ0) is 18.1. The molecule has 0 aliphatic carbocycles. The molecule has 136 valence electrons. The standard InChI is InChI=1S/C17H19N5O3S/c1-24-12-4-3-5-13(25-2)14(12)16(23)21-8-6-11(7-9-21)15-20-22-10-18-19-17(22)26-15/h3-5,10-11H,6-9H2,1-2H3. The number of carbonyl (C=O) groups excluding carboxylic acids is 1. The molecular weight excluding hydrogens is 354 g/mol. The normalized spacial score (nSPS) is 15.4. The van der Waals surface area contributed by atoms with Gasteiger partial charge in [-0.05, 0) is 25.0 Å². The molecule has 1 aliphatic heterocycles. The molecule has 0 radical (unpaired) electrons. The molecule has 0 atom stereocenters. The van der Waals surface area contributed by atoms with Gasteiger partial charge in [0, 0.05) is 19.0 Å². The summed E-state index contributed by atoms with van der Waals surface area (Å²) in [6.07, 6.45) is 3.35. The maximum Gasteiger partial charge on any atom is 0.261 e. The third-order valence-corrected chi connectivity index (χ3v) is 5.75. The lowest BCUT2D eigenvalue weighted by Gasteiger charge is -2.31. The van der Waals surface area contributed by atoms with Crippen LogP contribution in [0.3, 0.4) is 0 Å². The molecule has 0 saturated carbocycles. The number of piperidine rings is 1. The molecule has 8 nitrogen and oxygen atoms in total. The molecule has 2 aromatic heterocycles. The second kappa shape index (κ2) is 6.91. The Kier molecular flexibility index (Phi) is 4.46. The van der Waals surface area contributed by atoms with Gasteiger partial charge in [0.1, 0.15) is 28.4 Å². The van der Waals surface area contributed by atoms with Crippen LogP contribution >= 0.6 is 11.3 Å². The zero-order valence-corrected chi connectivity index (χ0v) is 15.4. The Labute approximate surface area is 154 Å². The second-order valence-corrected chi connectivity index (χ2v) is 7.09. The highest BCUT2D eigenvalue weighted by Gasteiger charge is 2.29. The molecule has 1 aliphatic rings. The second-order valence-electron chi connectivity index (χ2n) is 6.10. The number of nitrogens with zero attached hydrogens (tertiary/aromatic N) is 5. The van der Waals surface area contributed by atoms with Crippen molar-refractivity contribution in [2.45, 2.75) is 18.8 Å². The minimum Gasteiger partial charge on any atom is -0.496 e. The number of carbonyl (C=O) groups is 1. The zero-order valence-electron chi connectivity index (χ0n) is 14.6. The number of hydrogen-bond donors (Lipinski definition) is 0. The van der Waals surface area contributed by atoms with E-state index in [9.17, 15) is 4.79 Å². The van der Waals surface area contributed by atoms with E-state index in [1.165, 1.54) is 0 Å². The van der Waals surface area contributed by atoms with Crippen LogP contribution in [-0.4, -0.2) is 57.9 Å². The van der Waals surface area contributed by atoms with Crippen LogP contribution in [0, 0.1) is 0 Å². The van der Waals surface area contributed by atoms with Crippen molar-refractivity contribution in [3.63, 3.8) is 0 Å². The lowest BCUT2D eigenvalue weighted by atomic mass is 9.97. The topological polar surface area (TPSA) is 81.9 Å². The largest absolute Gasteiger partial charge is 0.496 e. The van der Waals surface area contributed by atoms with Crippen molar-refractivity contribution in [1.29, 1.82) is 0 Å². The van der Waals surface area contributed by atoms with E-state index < -0.39 is 0 Å². The van der Waals surface area contributed by atoms with Gasteiger partial charge in [-0.25, -0.2) is 0 Å². The van der Waals surface area contributed by atoms with Crippen LogP contribution in [0.15, 0.2) is 24.5 Å². The van der Waals surface area contributed by atoms with Gasteiger partial charge < -0.3 is 14.4 Å². The van der Waals surface area contributed by atoms with Gasteiger partial charge in [0.2, 0.25) is 4.96 Å². The van der Waals surface area contributed by atoms with Crippen molar-refractivity contribution in [1.82, 2.24) is 24.7 Å². The van der Waals surface area contributed by atoms with Crippen LogP contribution < -0.4 is 9.47 Å². The highest BCUT2D eigenvalue weighted by atomic mass is 32.1. The van der Waals surface area contributed by atoms with E-state index in [0.717, 1.165) is 22.8 Å². The molecule has 1 fully saturated rings. The SMILES string of the molecule is COc1cccc(OC)c1C(=O)N1CCC(c2nn3cnnc3s2)CC1. The first-order chi connectivity index (χ1) is 12.7. The Balaban J connectivity index is 1.49. The van der Waals surface area contributed by atoms with Crippen molar-refractivity contribution < 1.29 is 14.3 Å². The average molecular weight is 373 g/mol. The Morgan fingerprint density at radius 3 is 2.50 bits per heavy atom. The number of hydrogen-bond acceptors (Lipinski definition) is 7. The van der Waals surface area contributed by atoms with Gasteiger partial charge in [-0.2, -0.15) is 9.61 Å². The molecule has 0 N–H and O–H groups in total. The summed E-state index contributed by atoms with van der Waals surface area (Å²) >= 11 is 1.56. The van der Waals surface area contributed by atoms with Gasteiger partial charge in [-0.1, -0.05) is 17.4 Å². The Bertz CT molecular complexity index is 879. The number of ether oxygens (including phenoxy) is 2. The van der Waals surface area contributed by atoms with Crippen LogP contribution in [0.1, 0.15) is 34.1 Å². The fourth-order valence-electron chi connectivity index (χ4n) is 3.29. The van der Waals surface area contributed by atoms with Gasteiger partial charge in [0.25, 0.3) is 5.91 Å². The molecule has 9 heteroatoms. The number of methoxy groups -OCH3 is 2. The number of fused-ring (bicyclic) bond motifs is 1. The van der Waals surface area contributed by atoms with E-state index in [1.54, 1.807) is 48.5 Å².